The minimum Gasteiger partial charge on any atom is -0.494 e. The highest BCUT2D eigenvalue weighted by Gasteiger charge is 2.30. The third-order valence-electron chi connectivity index (χ3n) is 4.35. The maximum absolute atomic E-state index is 10.5. The molecule has 4 nitrogen and oxygen atoms in total. The van der Waals surface area contributed by atoms with Gasteiger partial charge < -0.3 is 10.2 Å². The fourth-order valence-corrected chi connectivity index (χ4v) is 3.25. The van der Waals surface area contributed by atoms with Crippen LogP contribution in [0.2, 0.25) is 0 Å². The van der Waals surface area contributed by atoms with Crippen molar-refractivity contribution in [3.05, 3.63) is 77.4 Å². The summed E-state index contributed by atoms with van der Waals surface area (Å²) in [6.45, 7) is 2.09. The molecule has 3 aromatic rings. The molecule has 4 rings (SSSR count). The Bertz CT molecular complexity index is 796. The number of hydrogen-bond donors (Lipinski definition) is 2. The number of nitrogens with zero attached hydrogens (tertiary/aromatic N) is 2. The van der Waals surface area contributed by atoms with Crippen LogP contribution in [0.25, 0.3) is 5.69 Å². The Morgan fingerprint density at radius 3 is 1.83 bits per heavy atom. The van der Waals surface area contributed by atoms with Crippen molar-refractivity contribution in [3.63, 3.8) is 0 Å². The number of aromatic nitrogens is 1. The largest absolute Gasteiger partial charge is 0.494 e. The maximum atomic E-state index is 10.5. The van der Waals surface area contributed by atoms with E-state index >= 15 is 0 Å². The lowest BCUT2D eigenvalue weighted by atomic mass is 10.2. The van der Waals surface area contributed by atoms with Gasteiger partial charge in [-0.3, -0.25) is 9.47 Å². The van der Waals surface area contributed by atoms with Gasteiger partial charge in [-0.25, -0.2) is 0 Å². The van der Waals surface area contributed by atoms with E-state index in [-0.39, 0.29) is 11.8 Å². The average Bonchev–Trinajstić information content (AvgIpc) is 3.09. The van der Waals surface area contributed by atoms with E-state index in [2.05, 4.69) is 17.0 Å². The van der Waals surface area contributed by atoms with E-state index in [1.807, 2.05) is 48.5 Å². The molecular weight excluding hydrogens is 288 g/mol. The normalized spacial score (nSPS) is 14.1. The average molecular weight is 306 g/mol. The second kappa shape index (κ2) is 5.48. The first kappa shape index (κ1) is 13.9. The van der Waals surface area contributed by atoms with Crippen LogP contribution in [0.3, 0.4) is 0 Å². The zero-order valence-electron chi connectivity index (χ0n) is 12.7. The Morgan fingerprint density at radius 1 is 0.739 bits per heavy atom. The highest BCUT2D eigenvalue weighted by Crippen LogP contribution is 2.42. The van der Waals surface area contributed by atoms with Crippen molar-refractivity contribution in [1.82, 2.24) is 9.47 Å². The minimum absolute atomic E-state index is 0.138. The van der Waals surface area contributed by atoms with Crippen LogP contribution in [0, 0.1) is 0 Å². The van der Waals surface area contributed by atoms with E-state index in [0.717, 1.165) is 23.4 Å². The molecule has 0 spiro atoms. The fraction of sp³-hybridized carbons (Fsp3) is 0.158. The monoisotopic (exact) mass is 306 g/mol. The van der Waals surface area contributed by atoms with Crippen LogP contribution >= 0.6 is 0 Å². The predicted octanol–water partition coefficient (Wildman–Crippen LogP) is 3.40. The number of rotatable bonds is 3. The number of hydrogen-bond acceptors (Lipinski definition) is 3. The summed E-state index contributed by atoms with van der Waals surface area (Å²) in [6.07, 6.45) is 0. The molecule has 0 radical (unpaired) electrons. The highest BCUT2D eigenvalue weighted by atomic mass is 16.3. The van der Waals surface area contributed by atoms with E-state index in [1.165, 1.54) is 10.1 Å². The van der Waals surface area contributed by atoms with Gasteiger partial charge in [0, 0.05) is 30.8 Å². The zero-order chi connectivity index (χ0) is 15.8. The van der Waals surface area contributed by atoms with Crippen molar-refractivity contribution in [2.45, 2.75) is 19.6 Å². The molecule has 0 saturated carbocycles. The van der Waals surface area contributed by atoms with E-state index in [9.17, 15) is 10.2 Å². The second-order valence-electron chi connectivity index (χ2n) is 5.91. The fourth-order valence-electron chi connectivity index (χ4n) is 3.25. The molecular formula is C19H18N2O2. The standard InChI is InChI=1S/C19H18N2O2/c22-18-16-12-20(11-14-7-3-1-4-8-14)13-17(16)19(23)21(18)15-9-5-2-6-10-15/h1-10,22-23H,11-13H2. The van der Waals surface area contributed by atoms with Crippen molar-refractivity contribution in [2.75, 3.05) is 0 Å². The molecule has 1 aliphatic rings. The predicted molar refractivity (Wildman–Crippen MR) is 88.5 cm³/mol. The third kappa shape index (κ3) is 2.37. The van der Waals surface area contributed by atoms with Crippen molar-refractivity contribution < 1.29 is 10.2 Å². The summed E-state index contributed by atoms with van der Waals surface area (Å²) in [5, 5.41) is 21.1. The molecule has 2 N–H and O–H groups in total. The quantitative estimate of drug-likeness (QED) is 0.779. The first-order valence-electron chi connectivity index (χ1n) is 7.70. The van der Waals surface area contributed by atoms with Crippen molar-refractivity contribution >= 4 is 0 Å². The van der Waals surface area contributed by atoms with Crippen molar-refractivity contribution in [3.8, 4) is 17.4 Å². The molecule has 0 amide bonds. The summed E-state index contributed by atoms with van der Waals surface area (Å²) in [7, 11) is 0. The number of aromatic hydroxyl groups is 2. The lowest BCUT2D eigenvalue weighted by Crippen LogP contribution is -2.16. The van der Waals surface area contributed by atoms with Gasteiger partial charge in [0.05, 0.1) is 5.69 Å². The van der Waals surface area contributed by atoms with Gasteiger partial charge in [0.15, 0.2) is 0 Å². The van der Waals surface area contributed by atoms with Crippen LogP contribution in [0.15, 0.2) is 60.7 Å². The molecule has 0 unspecified atom stereocenters. The SMILES string of the molecule is Oc1c2c(c(O)n1-c1ccccc1)CN(Cc1ccccc1)C2. The molecule has 1 aliphatic heterocycles. The van der Waals surface area contributed by atoms with E-state index < -0.39 is 0 Å². The molecule has 2 aromatic carbocycles. The van der Waals surface area contributed by atoms with E-state index in [1.54, 1.807) is 0 Å². The van der Waals surface area contributed by atoms with Gasteiger partial charge in [-0.05, 0) is 17.7 Å². The van der Waals surface area contributed by atoms with Crippen LogP contribution in [-0.4, -0.2) is 19.7 Å². The maximum Gasteiger partial charge on any atom is 0.203 e. The van der Waals surface area contributed by atoms with Crippen molar-refractivity contribution in [1.29, 1.82) is 0 Å². The Hall–Kier alpha value is -2.72. The van der Waals surface area contributed by atoms with E-state index in [4.69, 9.17) is 0 Å². The van der Waals surface area contributed by atoms with E-state index in [0.29, 0.717) is 13.1 Å². The summed E-state index contributed by atoms with van der Waals surface area (Å²) in [5.41, 5.74) is 3.64. The molecule has 0 fully saturated rings. The molecule has 4 heteroatoms. The molecule has 0 saturated heterocycles. The Labute approximate surface area is 134 Å². The van der Waals surface area contributed by atoms with Crippen LogP contribution < -0.4 is 0 Å². The molecule has 116 valence electrons. The van der Waals surface area contributed by atoms with Gasteiger partial charge >= 0.3 is 0 Å². The summed E-state index contributed by atoms with van der Waals surface area (Å²) in [5.74, 6) is 0.276. The lowest BCUT2D eigenvalue weighted by molar-refractivity contribution is 0.266. The zero-order valence-corrected chi connectivity index (χ0v) is 12.7. The number of para-hydroxylation sites is 1. The summed E-state index contributed by atoms with van der Waals surface area (Å²) in [6, 6.07) is 19.7. The summed E-state index contributed by atoms with van der Waals surface area (Å²) >= 11 is 0. The van der Waals surface area contributed by atoms with Crippen LogP contribution in [-0.2, 0) is 19.6 Å². The van der Waals surface area contributed by atoms with Gasteiger partial charge in [0.2, 0.25) is 11.8 Å². The van der Waals surface area contributed by atoms with Gasteiger partial charge in [0.1, 0.15) is 0 Å². The molecule has 0 atom stereocenters. The third-order valence-corrected chi connectivity index (χ3v) is 4.35. The molecule has 1 aromatic heterocycles. The van der Waals surface area contributed by atoms with Crippen LogP contribution in [0.5, 0.6) is 11.8 Å². The lowest BCUT2D eigenvalue weighted by Gasteiger charge is -2.16. The Balaban J connectivity index is 1.62. The Kier molecular flexibility index (Phi) is 3.32. The molecule has 0 aliphatic carbocycles. The second-order valence-corrected chi connectivity index (χ2v) is 5.91. The van der Waals surface area contributed by atoms with Crippen LogP contribution in [0.1, 0.15) is 16.7 Å². The van der Waals surface area contributed by atoms with Crippen molar-refractivity contribution in [2.24, 2.45) is 0 Å². The Morgan fingerprint density at radius 2 is 1.26 bits per heavy atom. The molecule has 0 bridgehead atoms. The van der Waals surface area contributed by atoms with Crippen LogP contribution in [0.4, 0.5) is 0 Å². The first-order valence-corrected chi connectivity index (χ1v) is 7.70. The number of benzene rings is 2. The summed E-state index contributed by atoms with van der Waals surface area (Å²) in [4.78, 5) is 2.22. The smallest absolute Gasteiger partial charge is 0.203 e. The number of fused-ring (bicyclic) bond motifs is 1. The van der Waals surface area contributed by atoms with Gasteiger partial charge in [0.25, 0.3) is 0 Å². The minimum atomic E-state index is 0.138. The first-order chi connectivity index (χ1) is 11.2. The topological polar surface area (TPSA) is 48.6 Å². The van der Waals surface area contributed by atoms with Gasteiger partial charge in [-0.2, -0.15) is 0 Å². The van der Waals surface area contributed by atoms with Gasteiger partial charge in [-0.15, -0.1) is 0 Å². The summed E-state index contributed by atoms with van der Waals surface area (Å²) < 4.78 is 1.52. The highest BCUT2D eigenvalue weighted by molar-refractivity contribution is 5.54. The van der Waals surface area contributed by atoms with Gasteiger partial charge in [-0.1, -0.05) is 48.5 Å². The molecule has 2 heterocycles. The molecule has 23 heavy (non-hydrogen) atoms.